The summed E-state index contributed by atoms with van der Waals surface area (Å²) in [5.41, 5.74) is 2.43. The first-order valence-corrected chi connectivity index (χ1v) is 8.46. The van der Waals surface area contributed by atoms with Crippen LogP contribution in [0.25, 0.3) is 11.0 Å². The molecule has 0 saturated heterocycles. The molecule has 0 spiro atoms. The summed E-state index contributed by atoms with van der Waals surface area (Å²) in [6.45, 7) is 4.75. The molecule has 0 aliphatic heterocycles. The summed E-state index contributed by atoms with van der Waals surface area (Å²) in [7, 11) is 0. The van der Waals surface area contributed by atoms with E-state index >= 15 is 0 Å². The standard InChI is InChI=1S/C15H19IN2S/c1-9-4-3-5-13(10(9)2)18-14-7-6-11(16)8-12(14)17-15(18)19/h6-10,13H,3-5H2,1-2H3,(H,17,19). The van der Waals surface area contributed by atoms with Crippen LogP contribution in [-0.2, 0) is 0 Å². The first-order chi connectivity index (χ1) is 9.08. The molecule has 102 valence electrons. The Morgan fingerprint density at radius 1 is 1.32 bits per heavy atom. The van der Waals surface area contributed by atoms with Crippen molar-refractivity contribution in [1.82, 2.24) is 9.55 Å². The maximum absolute atomic E-state index is 5.57. The van der Waals surface area contributed by atoms with E-state index in [1.807, 2.05) is 0 Å². The number of benzene rings is 1. The maximum Gasteiger partial charge on any atom is 0.178 e. The van der Waals surface area contributed by atoms with Crippen LogP contribution in [0.3, 0.4) is 0 Å². The number of hydrogen-bond acceptors (Lipinski definition) is 1. The van der Waals surface area contributed by atoms with Crippen LogP contribution < -0.4 is 0 Å². The average molecular weight is 386 g/mol. The van der Waals surface area contributed by atoms with Crippen LogP contribution in [0.4, 0.5) is 0 Å². The number of nitrogens with one attached hydrogen (secondary N) is 1. The van der Waals surface area contributed by atoms with Crippen LogP contribution in [0.5, 0.6) is 0 Å². The highest BCUT2D eigenvalue weighted by Crippen LogP contribution is 2.39. The van der Waals surface area contributed by atoms with E-state index in [4.69, 9.17) is 12.2 Å². The summed E-state index contributed by atoms with van der Waals surface area (Å²) >= 11 is 7.92. The normalized spacial score (nSPS) is 27.8. The Balaban J connectivity index is 2.14. The van der Waals surface area contributed by atoms with Crippen molar-refractivity contribution in [2.75, 3.05) is 0 Å². The fourth-order valence-electron chi connectivity index (χ4n) is 3.35. The molecule has 1 saturated carbocycles. The second kappa shape index (κ2) is 5.20. The molecule has 1 aromatic carbocycles. The van der Waals surface area contributed by atoms with Gasteiger partial charge in [0.05, 0.1) is 11.0 Å². The van der Waals surface area contributed by atoms with Crippen LogP contribution in [0, 0.1) is 20.2 Å². The Morgan fingerprint density at radius 2 is 2.11 bits per heavy atom. The Bertz CT molecular complexity index is 658. The van der Waals surface area contributed by atoms with Crippen molar-refractivity contribution in [3.05, 3.63) is 26.5 Å². The van der Waals surface area contributed by atoms with Gasteiger partial charge in [-0.05, 0) is 71.3 Å². The summed E-state index contributed by atoms with van der Waals surface area (Å²) in [5, 5.41) is 0. The fraction of sp³-hybridized carbons (Fsp3) is 0.533. The largest absolute Gasteiger partial charge is 0.331 e. The Hall–Kier alpha value is -0.360. The lowest BCUT2D eigenvalue weighted by Gasteiger charge is -2.35. The SMILES string of the molecule is CC1CCCC(n2c(=S)[nH]c3cc(I)ccc32)C1C. The Labute approximate surface area is 132 Å². The zero-order valence-corrected chi connectivity index (χ0v) is 14.3. The molecule has 3 unspecified atom stereocenters. The predicted octanol–water partition coefficient (Wildman–Crippen LogP) is 5.30. The van der Waals surface area contributed by atoms with E-state index in [0.29, 0.717) is 12.0 Å². The van der Waals surface area contributed by atoms with Gasteiger partial charge < -0.3 is 9.55 Å². The van der Waals surface area contributed by atoms with E-state index in [-0.39, 0.29) is 0 Å². The van der Waals surface area contributed by atoms with Crippen molar-refractivity contribution < 1.29 is 0 Å². The molecule has 1 aliphatic rings. The van der Waals surface area contributed by atoms with Gasteiger partial charge in [-0.3, -0.25) is 0 Å². The molecule has 0 bridgehead atoms. The van der Waals surface area contributed by atoms with Gasteiger partial charge in [-0.25, -0.2) is 0 Å². The van der Waals surface area contributed by atoms with Gasteiger partial charge in [0, 0.05) is 9.61 Å². The summed E-state index contributed by atoms with van der Waals surface area (Å²) in [6.07, 6.45) is 3.92. The number of halogens is 1. The maximum atomic E-state index is 5.57. The Morgan fingerprint density at radius 3 is 2.89 bits per heavy atom. The monoisotopic (exact) mass is 386 g/mol. The molecular weight excluding hydrogens is 367 g/mol. The number of imidazole rings is 1. The number of nitrogens with zero attached hydrogens (tertiary/aromatic N) is 1. The van der Waals surface area contributed by atoms with E-state index in [9.17, 15) is 0 Å². The molecule has 19 heavy (non-hydrogen) atoms. The van der Waals surface area contributed by atoms with Gasteiger partial charge in [-0.1, -0.05) is 26.7 Å². The van der Waals surface area contributed by atoms with Crippen LogP contribution in [0.15, 0.2) is 18.2 Å². The lowest BCUT2D eigenvalue weighted by Crippen LogP contribution is -2.27. The molecule has 2 nitrogen and oxygen atoms in total. The number of H-pyrrole nitrogens is 1. The minimum atomic E-state index is 0.546. The van der Waals surface area contributed by atoms with Crippen molar-refractivity contribution in [3.8, 4) is 0 Å². The van der Waals surface area contributed by atoms with Crippen LogP contribution in [-0.4, -0.2) is 9.55 Å². The third-order valence-electron chi connectivity index (χ3n) is 4.67. The highest BCUT2D eigenvalue weighted by Gasteiger charge is 2.29. The first-order valence-electron chi connectivity index (χ1n) is 6.97. The second-order valence-corrected chi connectivity index (χ2v) is 7.43. The zero-order valence-electron chi connectivity index (χ0n) is 11.3. The van der Waals surface area contributed by atoms with Crippen molar-refractivity contribution in [2.45, 2.75) is 39.2 Å². The molecule has 1 N–H and O–H groups in total. The topological polar surface area (TPSA) is 20.7 Å². The molecular formula is C15H19IN2S. The third kappa shape index (κ3) is 2.37. The van der Waals surface area contributed by atoms with E-state index in [1.165, 1.54) is 33.9 Å². The van der Waals surface area contributed by atoms with Gasteiger partial charge in [-0.15, -0.1) is 0 Å². The van der Waals surface area contributed by atoms with Crippen LogP contribution in [0.1, 0.15) is 39.2 Å². The molecule has 4 heteroatoms. The van der Waals surface area contributed by atoms with Gasteiger partial charge in [0.1, 0.15) is 0 Å². The highest BCUT2D eigenvalue weighted by molar-refractivity contribution is 14.1. The minimum Gasteiger partial charge on any atom is -0.331 e. The summed E-state index contributed by atoms with van der Waals surface area (Å²) in [6, 6.07) is 7.10. The van der Waals surface area contributed by atoms with Crippen molar-refractivity contribution in [1.29, 1.82) is 0 Å². The fourth-order valence-corrected chi connectivity index (χ4v) is 4.19. The van der Waals surface area contributed by atoms with Gasteiger partial charge in [0.2, 0.25) is 0 Å². The molecule has 2 aromatic rings. The number of aromatic nitrogens is 2. The summed E-state index contributed by atoms with van der Waals surface area (Å²) in [5.74, 6) is 1.48. The van der Waals surface area contributed by atoms with Gasteiger partial charge >= 0.3 is 0 Å². The second-order valence-electron chi connectivity index (χ2n) is 5.80. The number of fused-ring (bicyclic) bond motifs is 1. The lowest BCUT2D eigenvalue weighted by atomic mass is 9.78. The number of rotatable bonds is 1. The number of aromatic amines is 1. The zero-order chi connectivity index (χ0) is 13.6. The molecule has 0 amide bonds. The van der Waals surface area contributed by atoms with Gasteiger partial charge in [-0.2, -0.15) is 0 Å². The van der Waals surface area contributed by atoms with Gasteiger partial charge in [0.25, 0.3) is 0 Å². The third-order valence-corrected chi connectivity index (χ3v) is 5.64. The lowest BCUT2D eigenvalue weighted by molar-refractivity contribution is 0.188. The van der Waals surface area contributed by atoms with Crippen molar-refractivity contribution >= 4 is 45.8 Å². The summed E-state index contributed by atoms with van der Waals surface area (Å²) in [4.78, 5) is 3.37. The summed E-state index contributed by atoms with van der Waals surface area (Å²) < 4.78 is 4.49. The first kappa shape index (κ1) is 13.6. The smallest absolute Gasteiger partial charge is 0.178 e. The van der Waals surface area contributed by atoms with Crippen LogP contribution >= 0.6 is 34.8 Å². The van der Waals surface area contributed by atoms with E-state index in [0.717, 1.165) is 10.7 Å². The van der Waals surface area contributed by atoms with Crippen molar-refractivity contribution in [2.24, 2.45) is 11.8 Å². The van der Waals surface area contributed by atoms with E-state index < -0.39 is 0 Å². The molecule has 1 heterocycles. The average Bonchev–Trinajstić information content (AvgIpc) is 2.68. The van der Waals surface area contributed by atoms with Gasteiger partial charge in [0.15, 0.2) is 4.77 Å². The van der Waals surface area contributed by atoms with Crippen LogP contribution in [0.2, 0.25) is 0 Å². The minimum absolute atomic E-state index is 0.546. The van der Waals surface area contributed by atoms with E-state index in [1.54, 1.807) is 0 Å². The molecule has 1 aliphatic carbocycles. The molecule has 1 fully saturated rings. The molecule has 0 radical (unpaired) electrons. The highest BCUT2D eigenvalue weighted by atomic mass is 127. The molecule has 3 rings (SSSR count). The predicted molar refractivity (Wildman–Crippen MR) is 91.1 cm³/mol. The molecule has 3 atom stereocenters. The van der Waals surface area contributed by atoms with E-state index in [2.05, 4.69) is 64.2 Å². The quantitative estimate of drug-likeness (QED) is 0.521. The molecule has 1 aromatic heterocycles. The number of hydrogen-bond donors (Lipinski definition) is 1. The Kier molecular flexibility index (Phi) is 3.73. The van der Waals surface area contributed by atoms with Crippen molar-refractivity contribution in [3.63, 3.8) is 0 Å².